The molecule has 0 aliphatic carbocycles. The summed E-state index contributed by atoms with van der Waals surface area (Å²) in [5, 5.41) is 4.58. The number of thiophene rings is 1. The lowest BCUT2D eigenvalue weighted by molar-refractivity contribution is -0.133. The number of hydrogen-bond donors (Lipinski definition) is 3. The van der Waals surface area contributed by atoms with Gasteiger partial charge < -0.3 is 21.7 Å². The first-order chi connectivity index (χ1) is 10.5. The largest absolute Gasteiger partial charge is 0.352 e. The molecule has 0 bridgehead atoms. The van der Waals surface area contributed by atoms with Gasteiger partial charge in [0.25, 0.3) is 0 Å². The maximum atomic E-state index is 12.5. The van der Waals surface area contributed by atoms with E-state index in [-0.39, 0.29) is 24.4 Å². The monoisotopic (exact) mass is 324 g/mol. The fourth-order valence-corrected chi connectivity index (χ4v) is 3.64. The topological polar surface area (TPSA) is 101 Å². The Morgan fingerprint density at radius 3 is 2.64 bits per heavy atom. The van der Waals surface area contributed by atoms with E-state index in [4.69, 9.17) is 11.5 Å². The van der Waals surface area contributed by atoms with Crippen molar-refractivity contribution in [2.45, 2.75) is 38.3 Å². The van der Waals surface area contributed by atoms with Gasteiger partial charge in [0.05, 0.1) is 12.5 Å². The Labute approximate surface area is 134 Å². The first-order valence-electron chi connectivity index (χ1n) is 7.60. The van der Waals surface area contributed by atoms with Crippen molar-refractivity contribution in [2.75, 3.05) is 13.1 Å². The molecule has 22 heavy (non-hydrogen) atoms. The quantitative estimate of drug-likeness (QED) is 0.763. The van der Waals surface area contributed by atoms with Gasteiger partial charge in [-0.3, -0.25) is 4.79 Å². The molecule has 1 saturated heterocycles. The Morgan fingerprint density at radius 1 is 1.45 bits per heavy atom. The van der Waals surface area contributed by atoms with Gasteiger partial charge in [-0.2, -0.15) is 0 Å². The first kappa shape index (κ1) is 16.8. The average molecular weight is 324 g/mol. The number of rotatable bonds is 5. The Hall–Kier alpha value is -1.60. The minimum Gasteiger partial charge on any atom is -0.352 e. The third-order valence-electron chi connectivity index (χ3n) is 4.22. The lowest BCUT2D eigenvalue weighted by Gasteiger charge is -2.34. The summed E-state index contributed by atoms with van der Waals surface area (Å²) >= 11 is 1.51. The van der Waals surface area contributed by atoms with Crippen molar-refractivity contribution >= 4 is 23.3 Å². The molecule has 0 saturated carbocycles. The van der Waals surface area contributed by atoms with Crippen LogP contribution in [0.1, 0.15) is 37.1 Å². The van der Waals surface area contributed by atoms with Gasteiger partial charge in [-0.05, 0) is 37.1 Å². The van der Waals surface area contributed by atoms with E-state index in [1.165, 1.54) is 11.3 Å². The number of nitrogens with zero attached hydrogens (tertiary/aromatic N) is 1. The lowest BCUT2D eigenvalue weighted by Crippen LogP contribution is -2.44. The predicted octanol–water partition coefficient (Wildman–Crippen LogP) is 1.43. The van der Waals surface area contributed by atoms with Crippen LogP contribution in [-0.2, 0) is 4.79 Å². The number of carbonyl (C=O) groups is 2. The number of nitrogens with two attached hydrogens (primary N) is 2. The van der Waals surface area contributed by atoms with Crippen LogP contribution in [0, 0.1) is 5.92 Å². The minimum atomic E-state index is -0.609. The Bertz CT molecular complexity index is 496. The minimum absolute atomic E-state index is 0.0512. The molecule has 122 valence electrons. The zero-order chi connectivity index (χ0) is 16.1. The highest BCUT2D eigenvalue weighted by Crippen LogP contribution is 2.25. The summed E-state index contributed by atoms with van der Waals surface area (Å²) in [7, 11) is 0. The molecule has 2 atom stereocenters. The van der Waals surface area contributed by atoms with Gasteiger partial charge in [0.15, 0.2) is 0 Å². The normalized spacial score (nSPS) is 18.7. The van der Waals surface area contributed by atoms with E-state index in [0.717, 1.165) is 30.8 Å². The second-order valence-corrected chi connectivity index (χ2v) is 6.84. The lowest BCUT2D eigenvalue weighted by atomic mass is 9.90. The third-order valence-corrected chi connectivity index (χ3v) is 5.20. The van der Waals surface area contributed by atoms with Gasteiger partial charge in [-0.1, -0.05) is 6.07 Å². The maximum absolute atomic E-state index is 12.5. The van der Waals surface area contributed by atoms with E-state index < -0.39 is 6.03 Å². The van der Waals surface area contributed by atoms with Crippen LogP contribution in [0.4, 0.5) is 4.79 Å². The molecule has 7 heteroatoms. The summed E-state index contributed by atoms with van der Waals surface area (Å²) in [4.78, 5) is 26.4. The summed E-state index contributed by atoms with van der Waals surface area (Å²) in [6.07, 6.45) is 2.12. The molecular formula is C15H24N4O2S. The number of primary amides is 1. The molecule has 0 spiro atoms. The van der Waals surface area contributed by atoms with Crippen molar-refractivity contribution in [3.05, 3.63) is 22.4 Å². The molecule has 0 aromatic carbocycles. The van der Waals surface area contributed by atoms with E-state index in [0.29, 0.717) is 5.92 Å². The average Bonchev–Trinajstić information content (AvgIpc) is 3.00. The highest BCUT2D eigenvalue weighted by atomic mass is 32.1. The fourth-order valence-electron chi connectivity index (χ4n) is 2.86. The highest BCUT2D eigenvalue weighted by molar-refractivity contribution is 7.10. The predicted molar refractivity (Wildman–Crippen MR) is 87.3 cm³/mol. The van der Waals surface area contributed by atoms with Gasteiger partial charge in [0.1, 0.15) is 0 Å². The first-order valence-corrected chi connectivity index (χ1v) is 8.48. The molecule has 3 amide bonds. The number of amides is 3. The molecule has 2 unspecified atom stereocenters. The Morgan fingerprint density at radius 2 is 2.14 bits per heavy atom. The van der Waals surface area contributed by atoms with E-state index >= 15 is 0 Å². The second kappa shape index (κ2) is 7.60. The second-order valence-electron chi connectivity index (χ2n) is 5.86. The number of urea groups is 1. The summed E-state index contributed by atoms with van der Waals surface area (Å²) in [6.45, 7) is 3.49. The standard InChI is InChI=1S/C15H24N4O2S/c1-10(16)11-4-6-19(7-5-11)14(20)9-12(18-15(17)21)13-3-2-8-22-13/h2-3,8,10-12H,4-7,9,16H2,1H3,(H3,17,18,21). The molecule has 2 heterocycles. The zero-order valence-corrected chi connectivity index (χ0v) is 13.6. The van der Waals surface area contributed by atoms with Crippen LogP contribution in [0.25, 0.3) is 0 Å². The van der Waals surface area contributed by atoms with Crippen LogP contribution in [0.15, 0.2) is 17.5 Å². The van der Waals surface area contributed by atoms with Crippen molar-refractivity contribution in [2.24, 2.45) is 17.4 Å². The highest BCUT2D eigenvalue weighted by Gasteiger charge is 2.27. The van der Waals surface area contributed by atoms with Crippen molar-refractivity contribution in [3.8, 4) is 0 Å². The third kappa shape index (κ3) is 4.45. The molecule has 1 aromatic heterocycles. The summed E-state index contributed by atoms with van der Waals surface area (Å²) < 4.78 is 0. The number of carbonyl (C=O) groups excluding carboxylic acids is 2. The molecule has 2 rings (SSSR count). The zero-order valence-electron chi connectivity index (χ0n) is 12.8. The molecule has 1 fully saturated rings. The van der Waals surface area contributed by atoms with Crippen LogP contribution >= 0.6 is 11.3 Å². The number of piperidine rings is 1. The van der Waals surface area contributed by atoms with E-state index in [1.807, 2.05) is 29.3 Å². The van der Waals surface area contributed by atoms with Gasteiger partial charge in [0, 0.05) is 24.0 Å². The number of likely N-dealkylation sites (tertiary alicyclic amines) is 1. The molecule has 1 aliphatic heterocycles. The van der Waals surface area contributed by atoms with Crippen molar-refractivity contribution < 1.29 is 9.59 Å². The van der Waals surface area contributed by atoms with Crippen LogP contribution in [0.5, 0.6) is 0 Å². The van der Waals surface area contributed by atoms with Crippen LogP contribution in [0.3, 0.4) is 0 Å². The molecular weight excluding hydrogens is 300 g/mol. The summed E-state index contributed by atoms with van der Waals surface area (Å²) in [5.74, 6) is 0.538. The Balaban J connectivity index is 1.93. The molecule has 0 radical (unpaired) electrons. The molecule has 1 aliphatic rings. The van der Waals surface area contributed by atoms with Gasteiger partial charge in [-0.25, -0.2) is 4.79 Å². The smallest absolute Gasteiger partial charge is 0.312 e. The van der Waals surface area contributed by atoms with Gasteiger partial charge in [-0.15, -0.1) is 11.3 Å². The van der Waals surface area contributed by atoms with E-state index in [2.05, 4.69) is 5.32 Å². The van der Waals surface area contributed by atoms with Crippen LogP contribution < -0.4 is 16.8 Å². The molecule has 5 N–H and O–H groups in total. The van der Waals surface area contributed by atoms with E-state index in [9.17, 15) is 9.59 Å². The molecule has 6 nitrogen and oxygen atoms in total. The van der Waals surface area contributed by atoms with Crippen molar-refractivity contribution in [1.29, 1.82) is 0 Å². The SMILES string of the molecule is CC(N)C1CCN(C(=O)CC(NC(N)=O)c2cccs2)CC1. The van der Waals surface area contributed by atoms with Gasteiger partial charge >= 0.3 is 6.03 Å². The maximum Gasteiger partial charge on any atom is 0.312 e. The Kier molecular flexibility index (Phi) is 5.79. The van der Waals surface area contributed by atoms with Crippen LogP contribution in [0.2, 0.25) is 0 Å². The van der Waals surface area contributed by atoms with Gasteiger partial charge in [0.2, 0.25) is 5.91 Å². The van der Waals surface area contributed by atoms with Crippen LogP contribution in [-0.4, -0.2) is 36.0 Å². The van der Waals surface area contributed by atoms with E-state index in [1.54, 1.807) is 0 Å². The number of hydrogen-bond acceptors (Lipinski definition) is 4. The summed E-state index contributed by atoms with van der Waals surface area (Å²) in [6, 6.07) is 3.01. The number of nitrogens with one attached hydrogen (secondary N) is 1. The summed E-state index contributed by atoms with van der Waals surface area (Å²) in [5.41, 5.74) is 11.1. The van der Waals surface area contributed by atoms with Crippen molar-refractivity contribution in [3.63, 3.8) is 0 Å². The molecule has 1 aromatic rings. The fraction of sp³-hybridized carbons (Fsp3) is 0.600. The van der Waals surface area contributed by atoms with Crippen molar-refractivity contribution in [1.82, 2.24) is 10.2 Å².